The minimum absolute atomic E-state index is 0.210. The van der Waals surface area contributed by atoms with Crippen molar-refractivity contribution in [3.63, 3.8) is 0 Å². The van der Waals surface area contributed by atoms with Crippen LogP contribution in [0.3, 0.4) is 0 Å². The van der Waals surface area contributed by atoms with Crippen molar-refractivity contribution in [2.75, 3.05) is 33.3 Å². The highest BCUT2D eigenvalue weighted by Crippen LogP contribution is 2.36. The van der Waals surface area contributed by atoms with Crippen LogP contribution in [0.5, 0.6) is 5.75 Å². The molecule has 0 amide bonds. The van der Waals surface area contributed by atoms with Crippen molar-refractivity contribution < 1.29 is 14.6 Å². The van der Waals surface area contributed by atoms with Crippen LogP contribution in [0.1, 0.15) is 52.4 Å². The molecule has 6 nitrogen and oxygen atoms in total. The molecule has 0 radical (unpaired) electrons. The zero-order valence-electron chi connectivity index (χ0n) is 19.5. The van der Waals surface area contributed by atoms with Crippen LogP contribution >= 0.6 is 0 Å². The van der Waals surface area contributed by atoms with E-state index in [1.807, 2.05) is 18.3 Å². The first kappa shape index (κ1) is 22.0. The van der Waals surface area contributed by atoms with E-state index in [0.717, 1.165) is 43.4 Å². The van der Waals surface area contributed by atoms with Gasteiger partial charge in [0.25, 0.3) is 0 Å². The number of carboxylic acid groups (broad SMARTS) is 1. The number of aromatic carboxylic acids is 1. The van der Waals surface area contributed by atoms with Crippen molar-refractivity contribution in [2.24, 2.45) is 5.92 Å². The fourth-order valence-electron chi connectivity index (χ4n) is 5.42. The Morgan fingerprint density at radius 2 is 1.97 bits per heavy atom. The van der Waals surface area contributed by atoms with Gasteiger partial charge in [0.05, 0.1) is 12.7 Å². The van der Waals surface area contributed by atoms with E-state index in [1.54, 1.807) is 19.2 Å². The van der Waals surface area contributed by atoms with Gasteiger partial charge in [-0.3, -0.25) is 9.80 Å². The van der Waals surface area contributed by atoms with Gasteiger partial charge in [0.1, 0.15) is 5.75 Å². The van der Waals surface area contributed by atoms with Crippen LogP contribution < -0.4 is 4.74 Å². The summed E-state index contributed by atoms with van der Waals surface area (Å²) in [5.41, 5.74) is 5.06. The van der Waals surface area contributed by atoms with Crippen LogP contribution in [0.2, 0.25) is 0 Å². The minimum Gasteiger partial charge on any atom is -0.496 e. The second-order valence-corrected chi connectivity index (χ2v) is 9.61. The van der Waals surface area contributed by atoms with Crippen LogP contribution in [-0.4, -0.2) is 59.1 Å². The molecule has 33 heavy (non-hydrogen) atoms. The van der Waals surface area contributed by atoms with E-state index in [1.165, 1.54) is 47.9 Å². The Morgan fingerprint density at radius 3 is 2.64 bits per heavy atom. The molecule has 1 unspecified atom stereocenters. The van der Waals surface area contributed by atoms with Crippen LogP contribution in [0.15, 0.2) is 42.6 Å². The third-order valence-electron chi connectivity index (χ3n) is 7.55. The average Bonchev–Trinajstić information content (AvgIpc) is 3.29. The smallest absolute Gasteiger partial charge is 0.335 e. The largest absolute Gasteiger partial charge is 0.496 e. The third kappa shape index (κ3) is 4.37. The molecule has 0 spiro atoms. The van der Waals surface area contributed by atoms with Gasteiger partial charge in [-0.15, -0.1) is 0 Å². The van der Waals surface area contributed by atoms with E-state index in [-0.39, 0.29) is 6.04 Å². The number of fused-ring (bicyclic) bond motifs is 1. The van der Waals surface area contributed by atoms with Gasteiger partial charge in [0.2, 0.25) is 0 Å². The van der Waals surface area contributed by atoms with Gasteiger partial charge >= 0.3 is 5.97 Å². The number of H-pyrrole nitrogens is 1. The molecule has 2 fully saturated rings. The first-order valence-electron chi connectivity index (χ1n) is 12.0. The average molecular weight is 448 g/mol. The number of piperazine rings is 1. The number of hydrogen-bond acceptors (Lipinski definition) is 4. The number of aromatic amines is 1. The summed E-state index contributed by atoms with van der Waals surface area (Å²) in [6.07, 6.45) is 6.07. The number of aromatic nitrogens is 1. The Hall–Kier alpha value is -2.83. The lowest BCUT2D eigenvalue weighted by Gasteiger charge is -2.44. The van der Waals surface area contributed by atoms with Gasteiger partial charge in [-0.25, -0.2) is 4.79 Å². The molecule has 5 rings (SSSR count). The number of methoxy groups -OCH3 is 1. The van der Waals surface area contributed by atoms with Gasteiger partial charge in [-0.1, -0.05) is 18.6 Å². The van der Waals surface area contributed by atoms with Crippen molar-refractivity contribution >= 4 is 16.9 Å². The van der Waals surface area contributed by atoms with E-state index in [0.29, 0.717) is 5.56 Å². The van der Waals surface area contributed by atoms with Crippen LogP contribution in [0.4, 0.5) is 0 Å². The Morgan fingerprint density at radius 1 is 1.18 bits per heavy atom. The predicted octanol–water partition coefficient (Wildman–Crippen LogP) is 4.84. The fraction of sp³-hybridized carbons (Fsp3) is 0.444. The van der Waals surface area contributed by atoms with Crippen molar-refractivity contribution in [3.8, 4) is 5.75 Å². The number of carboxylic acids is 1. The number of aryl methyl sites for hydroxylation is 1. The van der Waals surface area contributed by atoms with Crippen LogP contribution in [-0.2, 0) is 6.54 Å². The monoisotopic (exact) mass is 447 g/mol. The third-order valence-corrected chi connectivity index (χ3v) is 7.55. The maximum atomic E-state index is 11.4. The zero-order valence-corrected chi connectivity index (χ0v) is 19.5. The Kier molecular flexibility index (Phi) is 6.13. The molecule has 174 valence electrons. The molecule has 1 aromatic heterocycles. The lowest BCUT2D eigenvalue weighted by molar-refractivity contribution is 0.0491. The second kappa shape index (κ2) is 9.20. The lowest BCUT2D eigenvalue weighted by atomic mass is 9.84. The molecule has 1 saturated carbocycles. The molecule has 6 heteroatoms. The van der Waals surface area contributed by atoms with Crippen molar-refractivity contribution in [3.05, 3.63) is 64.8 Å². The highest BCUT2D eigenvalue weighted by Gasteiger charge is 2.31. The Labute approximate surface area is 195 Å². The second-order valence-electron chi connectivity index (χ2n) is 9.61. The molecular formula is C27H33N3O3. The van der Waals surface area contributed by atoms with E-state index in [4.69, 9.17) is 4.74 Å². The fourth-order valence-corrected chi connectivity index (χ4v) is 5.42. The Balaban J connectivity index is 1.46. The van der Waals surface area contributed by atoms with Gasteiger partial charge in [-0.2, -0.15) is 0 Å². The summed E-state index contributed by atoms with van der Waals surface area (Å²) < 4.78 is 5.81. The number of ether oxygens (including phenoxy) is 1. The molecular weight excluding hydrogens is 414 g/mol. The summed E-state index contributed by atoms with van der Waals surface area (Å²) in [5.74, 6) is 0.882. The number of nitrogens with zero attached hydrogens (tertiary/aromatic N) is 2. The first-order chi connectivity index (χ1) is 16.0. The molecule has 1 aliphatic heterocycles. The number of rotatable bonds is 7. The number of carbonyl (C=O) groups is 1. The van der Waals surface area contributed by atoms with Gasteiger partial charge in [0.15, 0.2) is 0 Å². The molecule has 2 N–H and O–H groups in total. The van der Waals surface area contributed by atoms with E-state index in [9.17, 15) is 9.90 Å². The zero-order chi connectivity index (χ0) is 22.9. The Bertz CT molecular complexity index is 1130. The maximum Gasteiger partial charge on any atom is 0.335 e. The minimum atomic E-state index is -0.882. The highest BCUT2D eigenvalue weighted by molar-refractivity contribution is 5.88. The number of nitrogens with one attached hydrogen (secondary N) is 1. The molecule has 1 saturated heterocycles. The van der Waals surface area contributed by atoms with E-state index >= 15 is 0 Å². The van der Waals surface area contributed by atoms with Crippen molar-refractivity contribution in [1.82, 2.24) is 14.8 Å². The standard InChI is InChI=1S/C27H33N3O3/c1-18-14-25(33-2)23(22-10-11-28-26(18)22)16-30-13-12-29(15-19-4-3-5-19)17-24(30)20-6-8-21(9-7-20)27(31)32/h6-11,14,19,24,28H,3-5,12-13,15-17H2,1-2H3,(H,31,32). The summed E-state index contributed by atoms with van der Waals surface area (Å²) in [6.45, 7) is 7.07. The van der Waals surface area contributed by atoms with Crippen molar-refractivity contribution in [2.45, 2.75) is 38.8 Å². The molecule has 0 bridgehead atoms. The molecule has 1 atom stereocenters. The quantitative estimate of drug-likeness (QED) is 0.542. The van der Waals surface area contributed by atoms with Crippen LogP contribution in [0.25, 0.3) is 10.9 Å². The molecule has 2 aliphatic rings. The summed E-state index contributed by atoms with van der Waals surface area (Å²) in [5, 5.41) is 10.5. The first-order valence-corrected chi connectivity index (χ1v) is 12.0. The highest BCUT2D eigenvalue weighted by atomic mass is 16.5. The summed E-state index contributed by atoms with van der Waals surface area (Å²) in [6, 6.07) is 11.9. The normalized spacial score (nSPS) is 20.1. The summed E-state index contributed by atoms with van der Waals surface area (Å²) in [4.78, 5) is 19.9. The predicted molar refractivity (Wildman–Crippen MR) is 130 cm³/mol. The lowest BCUT2D eigenvalue weighted by Crippen LogP contribution is -2.49. The molecule has 1 aliphatic carbocycles. The molecule has 2 heterocycles. The van der Waals surface area contributed by atoms with Gasteiger partial charge < -0.3 is 14.8 Å². The van der Waals surface area contributed by atoms with E-state index in [2.05, 4.69) is 33.8 Å². The molecule has 3 aromatic rings. The summed E-state index contributed by atoms with van der Waals surface area (Å²) >= 11 is 0. The number of hydrogen-bond donors (Lipinski definition) is 2. The SMILES string of the molecule is COc1cc(C)c2[nH]ccc2c1CN1CCN(CC2CCC2)CC1c1ccc(C(=O)O)cc1. The van der Waals surface area contributed by atoms with Crippen molar-refractivity contribution in [1.29, 1.82) is 0 Å². The topological polar surface area (TPSA) is 68.8 Å². The number of benzene rings is 2. The van der Waals surface area contributed by atoms with Gasteiger partial charge in [-0.05, 0) is 61.1 Å². The summed E-state index contributed by atoms with van der Waals surface area (Å²) in [7, 11) is 1.75. The van der Waals surface area contributed by atoms with Gasteiger partial charge in [0, 0.05) is 61.4 Å². The maximum absolute atomic E-state index is 11.4. The van der Waals surface area contributed by atoms with Crippen LogP contribution in [0, 0.1) is 12.8 Å². The molecule has 2 aromatic carbocycles. The van der Waals surface area contributed by atoms with E-state index < -0.39 is 5.97 Å².